The number of hydrogen-bond donors (Lipinski definition) is 1. The van der Waals surface area contributed by atoms with Gasteiger partial charge in [0.15, 0.2) is 0 Å². The molecule has 2 rings (SSSR count). The van der Waals surface area contributed by atoms with Gasteiger partial charge in [-0.2, -0.15) is 0 Å². The molecular weight excluding hydrogens is 190 g/mol. The van der Waals surface area contributed by atoms with Crippen LogP contribution in [0.2, 0.25) is 0 Å². The van der Waals surface area contributed by atoms with Crippen molar-refractivity contribution in [2.24, 2.45) is 5.73 Å². The molecule has 0 unspecified atom stereocenters. The lowest BCUT2D eigenvalue weighted by atomic mass is 9.86. The maximum atomic E-state index is 11.8. The molecule has 1 saturated carbocycles. The van der Waals surface area contributed by atoms with Crippen molar-refractivity contribution in [3.8, 4) is 0 Å². The van der Waals surface area contributed by atoms with E-state index < -0.39 is 0 Å². The quantitative estimate of drug-likeness (QED) is 0.716. The van der Waals surface area contributed by atoms with Gasteiger partial charge in [-0.25, -0.2) is 0 Å². The van der Waals surface area contributed by atoms with Gasteiger partial charge in [0.25, 0.3) is 0 Å². The van der Waals surface area contributed by atoms with Crippen molar-refractivity contribution in [3.63, 3.8) is 0 Å². The molecule has 1 aliphatic heterocycles. The Kier molecular flexibility index (Phi) is 3.26. The van der Waals surface area contributed by atoms with Gasteiger partial charge in [-0.1, -0.05) is 0 Å². The third kappa shape index (κ3) is 2.49. The summed E-state index contributed by atoms with van der Waals surface area (Å²) in [5, 5.41) is 0. The van der Waals surface area contributed by atoms with Crippen molar-refractivity contribution in [2.45, 2.75) is 37.8 Å². The zero-order valence-corrected chi connectivity index (χ0v) is 9.48. The molecule has 1 amide bonds. The third-order valence-electron chi connectivity index (χ3n) is 3.62. The van der Waals surface area contributed by atoms with E-state index >= 15 is 0 Å². The fourth-order valence-corrected chi connectivity index (χ4v) is 2.40. The highest BCUT2D eigenvalue weighted by atomic mass is 16.2. The molecule has 1 aliphatic carbocycles. The second kappa shape index (κ2) is 4.49. The molecule has 2 N–H and O–H groups in total. The lowest BCUT2D eigenvalue weighted by Gasteiger charge is -2.39. The molecule has 15 heavy (non-hydrogen) atoms. The zero-order valence-electron chi connectivity index (χ0n) is 9.48. The number of likely N-dealkylation sites (N-methyl/N-ethyl adjacent to an activating group) is 1. The Bertz CT molecular complexity index is 232. The highest BCUT2D eigenvalue weighted by Crippen LogP contribution is 2.22. The molecule has 0 aromatic heterocycles. The van der Waals surface area contributed by atoms with Gasteiger partial charge >= 0.3 is 0 Å². The van der Waals surface area contributed by atoms with Crippen LogP contribution in [0, 0.1) is 0 Å². The van der Waals surface area contributed by atoms with Crippen molar-refractivity contribution in [1.29, 1.82) is 0 Å². The summed E-state index contributed by atoms with van der Waals surface area (Å²) >= 11 is 0. The van der Waals surface area contributed by atoms with Crippen molar-refractivity contribution >= 4 is 5.91 Å². The number of amides is 1. The maximum absolute atomic E-state index is 11.8. The van der Waals surface area contributed by atoms with Crippen LogP contribution < -0.4 is 5.73 Å². The smallest absolute Gasteiger partial charge is 0.236 e. The maximum Gasteiger partial charge on any atom is 0.236 e. The molecule has 1 saturated heterocycles. The molecule has 4 nitrogen and oxygen atoms in total. The molecule has 1 heterocycles. The normalized spacial score (nSPS) is 30.7. The molecule has 0 aromatic rings. The van der Waals surface area contributed by atoms with Crippen LogP contribution in [0.3, 0.4) is 0 Å². The van der Waals surface area contributed by atoms with Crippen molar-refractivity contribution < 1.29 is 4.79 Å². The first kappa shape index (κ1) is 10.9. The zero-order chi connectivity index (χ0) is 10.8. The van der Waals surface area contributed by atoms with Crippen LogP contribution in [0.1, 0.15) is 25.7 Å². The third-order valence-corrected chi connectivity index (χ3v) is 3.62. The molecule has 2 aliphatic rings. The number of rotatable bonds is 3. The second-order valence-electron chi connectivity index (χ2n) is 4.89. The molecule has 2 fully saturated rings. The van der Waals surface area contributed by atoms with Gasteiger partial charge in [-0.15, -0.1) is 0 Å². The molecule has 0 spiro atoms. The minimum absolute atomic E-state index is 0.287. The topological polar surface area (TPSA) is 49.6 Å². The summed E-state index contributed by atoms with van der Waals surface area (Å²) in [5.74, 6) is 0.287. The van der Waals surface area contributed by atoms with Crippen LogP contribution in [-0.2, 0) is 4.79 Å². The lowest BCUT2D eigenvalue weighted by Crippen LogP contribution is -2.51. The average Bonchev–Trinajstić information content (AvgIpc) is 2.65. The van der Waals surface area contributed by atoms with Crippen LogP contribution in [0.4, 0.5) is 0 Å². The lowest BCUT2D eigenvalue weighted by molar-refractivity contribution is -0.132. The van der Waals surface area contributed by atoms with E-state index in [4.69, 9.17) is 5.73 Å². The average molecular weight is 211 g/mol. The largest absolute Gasteiger partial charge is 0.342 e. The molecule has 4 heteroatoms. The number of likely N-dealkylation sites (tertiary alicyclic amines) is 1. The van der Waals surface area contributed by atoms with Gasteiger partial charge in [-0.05, 0) is 32.7 Å². The Balaban J connectivity index is 1.73. The van der Waals surface area contributed by atoms with Crippen LogP contribution in [0.15, 0.2) is 0 Å². The first-order chi connectivity index (χ1) is 7.16. The summed E-state index contributed by atoms with van der Waals surface area (Å²) in [6.45, 7) is 2.48. The molecule has 0 atom stereocenters. The molecule has 0 bridgehead atoms. The fraction of sp³-hybridized carbons (Fsp3) is 0.909. The number of nitrogens with two attached hydrogens (primary N) is 1. The summed E-state index contributed by atoms with van der Waals surface area (Å²) in [4.78, 5) is 16.0. The van der Waals surface area contributed by atoms with Crippen LogP contribution in [-0.4, -0.2) is 54.5 Å². The SMILES string of the molecule is CN(CC(=O)N1CCCC1)C1CC(N)C1. The van der Waals surface area contributed by atoms with Gasteiger partial charge < -0.3 is 10.6 Å². The Labute approximate surface area is 91.4 Å². The first-order valence-electron chi connectivity index (χ1n) is 5.90. The summed E-state index contributed by atoms with van der Waals surface area (Å²) in [6, 6.07) is 0.894. The number of hydrogen-bond acceptors (Lipinski definition) is 3. The summed E-state index contributed by atoms with van der Waals surface area (Å²) in [5.41, 5.74) is 5.74. The Morgan fingerprint density at radius 1 is 1.40 bits per heavy atom. The van der Waals surface area contributed by atoms with E-state index in [1.807, 2.05) is 11.9 Å². The highest BCUT2D eigenvalue weighted by Gasteiger charge is 2.31. The molecule has 86 valence electrons. The van der Waals surface area contributed by atoms with Gasteiger partial charge in [0, 0.05) is 25.2 Å². The minimum atomic E-state index is 0.287. The molecule has 0 radical (unpaired) electrons. The van der Waals surface area contributed by atoms with E-state index in [1.54, 1.807) is 0 Å². The van der Waals surface area contributed by atoms with E-state index in [0.29, 0.717) is 18.6 Å². The van der Waals surface area contributed by atoms with E-state index in [1.165, 1.54) is 12.8 Å². The standard InChI is InChI=1S/C11H21N3O/c1-13(10-6-9(12)7-10)8-11(15)14-4-2-3-5-14/h9-10H,2-8,12H2,1H3. The van der Waals surface area contributed by atoms with Gasteiger partial charge in [0.2, 0.25) is 5.91 Å². The Morgan fingerprint density at radius 3 is 2.53 bits per heavy atom. The van der Waals surface area contributed by atoms with E-state index in [-0.39, 0.29) is 5.91 Å². The monoisotopic (exact) mass is 211 g/mol. The summed E-state index contributed by atoms with van der Waals surface area (Å²) in [7, 11) is 2.03. The predicted octanol–water partition coefficient (Wildman–Crippen LogP) is 0.0303. The van der Waals surface area contributed by atoms with Crippen molar-refractivity contribution in [1.82, 2.24) is 9.80 Å². The van der Waals surface area contributed by atoms with Gasteiger partial charge in [0.05, 0.1) is 6.54 Å². The van der Waals surface area contributed by atoms with E-state index in [9.17, 15) is 4.79 Å². The fourth-order valence-electron chi connectivity index (χ4n) is 2.40. The second-order valence-corrected chi connectivity index (χ2v) is 4.89. The number of nitrogens with zero attached hydrogens (tertiary/aromatic N) is 2. The summed E-state index contributed by atoms with van der Waals surface area (Å²) in [6.07, 6.45) is 4.43. The Morgan fingerprint density at radius 2 is 2.00 bits per heavy atom. The van der Waals surface area contributed by atoms with Crippen LogP contribution >= 0.6 is 0 Å². The van der Waals surface area contributed by atoms with Crippen LogP contribution in [0.25, 0.3) is 0 Å². The van der Waals surface area contributed by atoms with Gasteiger partial charge in [-0.3, -0.25) is 9.69 Å². The summed E-state index contributed by atoms with van der Waals surface area (Å²) < 4.78 is 0. The van der Waals surface area contributed by atoms with Crippen LogP contribution in [0.5, 0.6) is 0 Å². The molecular formula is C11H21N3O. The molecule has 0 aromatic carbocycles. The van der Waals surface area contributed by atoms with Gasteiger partial charge in [0.1, 0.15) is 0 Å². The minimum Gasteiger partial charge on any atom is -0.342 e. The number of carbonyl (C=O) groups excluding carboxylic acids is 1. The van der Waals surface area contributed by atoms with E-state index in [0.717, 1.165) is 25.9 Å². The highest BCUT2D eigenvalue weighted by molar-refractivity contribution is 5.78. The first-order valence-corrected chi connectivity index (χ1v) is 5.90. The van der Waals surface area contributed by atoms with Crippen molar-refractivity contribution in [3.05, 3.63) is 0 Å². The van der Waals surface area contributed by atoms with E-state index in [2.05, 4.69) is 4.90 Å². The Hall–Kier alpha value is -0.610. The number of carbonyl (C=O) groups is 1. The van der Waals surface area contributed by atoms with Crippen molar-refractivity contribution in [2.75, 3.05) is 26.7 Å². The predicted molar refractivity (Wildman–Crippen MR) is 59.4 cm³/mol.